The maximum absolute atomic E-state index is 13.4. The molecule has 0 aliphatic rings. The number of nitrogens with one attached hydrogen (secondary N) is 1. The van der Waals surface area contributed by atoms with Gasteiger partial charge in [-0.15, -0.1) is 0 Å². The highest BCUT2D eigenvalue weighted by atomic mass is 19.4. The van der Waals surface area contributed by atoms with Crippen LogP contribution in [0.15, 0.2) is 46.9 Å². The number of hydrogen-bond acceptors (Lipinski definition) is 2. The van der Waals surface area contributed by atoms with Crippen LogP contribution in [0.4, 0.5) is 13.2 Å². The number of halogens is 3. The molecule has 0 spiro atoms. The van der Waals surface area contributed by atoms with Gasteiger partial charge in [0.05, 0.1) is 23.4 Å². The number of furan rings is 1. The molecule has 2 aromatic heterocycles. The van der Waals surface area contributed by atoms with Crippen LogP contribution in [-0.2, 0) is 12.7 Å². The zero-order valence-electron chi connectivity index (χ0n) is 15.1. The van der Waals surface area contributed by atoms with Gasteiger partial charge in [-0.2, -0.15) is 13.2 Å². The summed E-state index contributed by atoms with van der Waals surface area (Å²) >= 11 is 0. The number of nitrogens with zero attached hydrogens (tertiary/aromatic N) is 1. The third-order valence-electron chi connectivity index (χ3n) is 4.35. The summed E-state index contributed by atoms with van der Waals surface area (Å²) in [5.41, 5.74) is 0.568. The molecule has 0 fully saturated rings. The number of aromatic nitrogens is 1. The Balaban J connectivity index is 1.93. The van der Waals surface area contributed by atoms with Crippen LogP contribution in [0.1, 0.15) is 38.8 Å². The summed E-state index contributed by atoms with van der Waals surface area (Å²) in [5, 5.41) is 2.74. The van der Waals surface area contributed by atoms with E-state index in [9.17, 15) is 18.0 Å². The molecule has 0 unspecified atom stereocenters. The summed E-state index contributed by atoms with van der Waals surface area (Å²) in [5.74, 6) is 0.978. The van der Waals surface area contributed by atoms with Crippen molar-refractivity contribution in [1.29, 1.82) is 0 Å². The summed E-state index contributed by atoms with van der Waals surface area (Å²) in [6.45, 7) is 5.31. The maximum Gasteiger partial charge on any atom is 0.418 e. The fraction of sp³-hybridized carbons (Fsp3) is 0.250. The monoisotopic (exact) mass is 376 g/mol. The molecule has 7 heteroatoms. The van der Waals surface area contributed by atoms with Gasteiger partial charge in [0.25, 0.3) is 5.91 Å². The third kappa shape index (κ3) is 3.77. The quantitative estimate of drug-likeness (QED) is 0.701. The number of rotatable bonds is 4. The van der Waals surface area contributed by atoms with E-state index in [-0.39, 0.29) is 18.1 Å². The predicted octanol–water partition coefficient (Wildman–Crippen LogP) is 4.94. The Morgan fingerprint density at radius 2 is 1.81 bits per heavy atom. The number of benzene rings is 1. The Hall–Kier alpha value is -2.96. The smallest absolute Gasteiger partial charge is 0.418 e. The molecular weight excluding hydrogens is 357 g/mol. The molecule has 142 valence electrons. The Kier molecular flexibility index (Phi) is 4.87. The molecular formula is C20H19F3N2O2. The molecule has 0 atom stereocenters. The van der Waals surface area contributed by atoms with Crippen LogP contribution in [0.25, 0.3) is 5.69 Å². The Bertz CT molecular complexity index is 984. The lowest BCUT2D eigenvalue weighted by Gasteiger charge is -2.16. The molecule has 0 aliphatic carbocycles. The maximum atomic E-state index is 13.4. The normalized spacial score (nSPS) is 11.6. The molecule has 0 radical (unpaired) electrons. The van der Waals surface area contributed by atoms with Crippen LogP contribution in [0.3, 0.4) is 0 Å². The number of amides is 1. The molecule has 0 saturated carbocycles. The highest BCUT2D eigenvalue weighted by molar-refractivity contribution is 5.95. The Morgan fingerprint density at radius 3 is 2.44 bits per heavy atom. The summed E-state index contributed by atoms with van der Waals surface area (Å²) < 4.78 is 47.0. The first-order valence-electron chi connectivity index (χ1n) is 8.37. The molecule has 0 saturated heterocycles. The fourth-order valence-electron chi connectivity index (χ4n) is 3.11. The number of aryl methyl sites for hydroxylation is 2. The summed E-state index contributed by atoms with van der Waals surface area (Å²) in [6.07, 6.45) is -4.49. The van der Waals surface area contributed by atoms with E-state index in [0.29, 0.717) is 22.7 Å². The van der Waals surface area contributed by atoms with Gasteiger partial charge in [-0.25, -0.2) is 0 Å². The van der Waals surface area contributed by atoms with E-state index >= 15 is 0 Å². The molecule has 2 heterocycles. The number of carbonyl (C=O) groups is 1. The molecule has 0 bridgehead atoms. The van der Waals surface area contributed by atoms with Crippen molar-refractivity contribution in [1.82, 2.24) is 9.88 Å². The zero-order valence-corrected chi connectivity index (χ0v) is 15.1. The average Bonchev–Trinajstić information content (AvgIpc) is 3.15. The highest BCUT2D eigenvalue weighted by Crippen LogP contribution is 2.35. The molecule has 3 rings (SSSR count). The van der Waals surface area contributed by atoms with Gasteiger partial charge in [0, 0.05) is 11.4 Å². The van der Waals surface area contributed by atoms with Gasteiger partial charge < -0.3 is 14.3 Å². The van der Waals surface area contributed by atoms with Crippen LogP contribution in [-0.4, -0.2) is 10.5 Å². The molecule has 1 aromatic carbocycles. The molecule has 1 N–H and O–H groups in total. The second-order valence-electron chi connectivity index (χ2n) is 6.33. The summed E-state index contributed by atoms with van der Waals surface area (Å²) in [7, 11) is 0. The van der Waals surface area contributed by atoms with Crippen molar-refractivity contribution >= 4 is 5.91 Å². The van der Waals surface area contributed by atoms with Crippen molar-refractivity contribution in [3.63, 3.8) is 0 Å². The van der Waals surface area contributed by atoms with E-state index in [1.54, 1.807) is 45.0 Å². The standard InChI is InChI=1S/C20H19F3N2O2/c1-12-10-16(19(26)24-11-15-9-8-13(2)27-15)14(3)25(12)18-7-5-4-6-17(18)20(21,22)23/h4-10H,11H2,1-3H3,(H,24,26). The van der Waals surface area contributed by atoms with Gasteiger partial charge in [0.15, 0.2) is 0 Å². The van der Waals surface area contributed by atoms with Crippen molar-refractivity contribution in [3.05, 3.63) is 76.5 Å². The first-order valence-corrected chi connectivity index (χ1v) is 8.37. The minimum Gasteiger partial charge on any atom is -0.465 e. The predicted molar refractivity (Wildman–Crippen MR) is 94.9 cm³/mol. The van der Waals surface area contributed by atoms with Crippen molar-refractivity contribution in [3.8, 4) is 5.69 Å². The number of carbonyl (C=O) groups excluding carboxylic acids is 1. The van der Waals surface area contributed by atoms with E-state index in [1.807, 2.05) is 0 Å². The first kappa shape index (κ1) is 18.8. The lowest BCUT2D eigenvalue weighted by molar-refractivity contribution is -0.137. The lowest BCUT2D eigenvalue weighted by atomic mass is 10.1. The first-order chi connectivity index (χ1) is 12.7. The largest absolute Gasteiger partial charge is 0.465 e. The fourth-order valence-corrected chi connectivity index (χ4v) is 3.11. The van der Waals surface area contributed by atoms with Crippen LogP contribution >= 0.6 is 0 Å². The second kappa shape index (κ2) is 6.98. The van der Waals surface area contributed by atoms with E-state index < -0.39 is 11.7 Å². The Labute approximate surface area is 154 Å². The zero-order chi connectivity index (χ0) is 19.8. The van der Waals surface area contributed by atoms with E-state index in [2.05, 4.69) is 5.32 Å². The second-order valence-corrected chi connectivity index (χ2v) is 6.33. The van der Waals surface area contributed by atoms with Crippen molar-refractivity contribution in [2.75, 3.05) is 0 Å². The van der Waals surface area contributed by atoms with Crippen LogP contribution < -0.4 is 5.32 Å². The highest BCUT2D eigenvalue weighted by Gasteiger charge is 2.34. The minimum atomic E-state index is -4.49. The molecule has 4 nitrogen and oxygen atoms in total. The molecule has 0 aliphatic heterocycles. The van der Waals surface area contributed by atoms with Gasteiger partial charge in [-0.1, -0.05) is 12.1 Å². The van der Waals surface area contributed by atoms with Gasteiger partial charge in [0.1, 0.15) is 11.5 Å². The van der Waals surface area contributed by atoms with Gasteiger partial charge in [-0.05, 0) is 51.1 Å². The van der Waals surface area contributed by atoms with E-state index in [4.69, 9.17) is 4.42 Å². The van der Waals surface area contributed by atoms with Crippen molar-refractivity contribution < 1.29 is 22.4 Å². The lowest BCUT2D eigenvalue weighted by Crippen LogP contribution is -2.23. The van der Waals surface area contributed by atoms with Crippen molar-refractivity contribution in [2.24, 2.45) is 0 Å². The van der Waals surface area contributed by atoms with E-state index in [0.717, 1.165) is 11.8 Å². The average molecular weight is 376 g/mol. The SMILES string of the molecule is Cc1ccc(CNC(=O)c2cc(C)n(-c3ccccc3C(F)(F)F)c2C)o1. The Morgan fingerprint density at radius 1 is 1.11 bits per heavy atom. The third-order valence-corrected chi connectivity index (χ3v) is 4.35. The molecule has 27 heavy (non-hydrogen) atoms. The molecule has 1 amide bonds. The van der Waals surface area contributed by atoms with Crippen LogP contribution in [0.5, 0.6) is 0 Å². The van der Waals surface area contributed by atoms with E-state index in [1.165, 1.54) is 16.7 Å². The van der Waals surface area contributed by atoms with Gasteiger partial charge in [-0.3, -0.25) is 4.79 Å². The van der Waals surface area contributed by atoms with Gasteiger partial charge in [0.2, 0.25) is 0 Å². The molecule has 3 aromatic rings. The summed E-state index contributed by atoms with van der Waals surface area (Å²) in [6, 6.07) is 10.5. The van der Waals surface area contributed by atoms with Crippen LogP contribution in [0.2, 0.25) is 0 Å². The van der Waals surface area contributed by atoms with Crippen molar-refractivity contribution in [2.45, 2.75) is 33.5 Å². The number of hydrogen-bond donors (Lipinski definition) is 1. The van der Waals surface area contributed by atoms with Crippen LogP contribution in [0, 0.1) is 20.8 Å². The topological polar surface area (TPSA) is 47.2 Å². The minimum absolute atomic E-state index is 0.000657. The number of alkyl halides is 3. The summed E-state index contributed by atoms with van der Waals surface area (Å²) in [4.78, 5) is 12.5. The number of para-hydroxylation sites is 1. The van der Waals surface area contributed by atoms with Gasteiger partial charge >= 0.3 is 6.18 Å².